The lowest BCUT2D eigenvalue weighted by molar-refractivity contribution is 0.340. The van der Waals surface area contributed by atoms with E-state index in [1.807, 2.05) is 37.3 Å². The van der Waals surface area contributed by atoms with Crippen molar-refractivity contribution in [3.63, 3.8) is 0 Å². The lowest BCUT2D eigenvalue weighted by Crippen LogP contribution is -2.01. The first-order valence-electron chi connectivity index (χ1n) is 8.67. The molecule has 134 valence electrons. The largest absolute Gasteiger partial charge is 0.494 e. The highest BCUT2D eigenvalue weighted by Gasteiger charge is 2.14. The molecule has 2 aromatic carbocycles. The van der Waals surface area contributed by atoms with Crippen molar-refractivity contribution < 1.29 is 4.74 Å². The van der Waals surface area contributed by atoms with Crippen molar-refractivity contribution in [2.45, 2.75) is 31.3 Å². The lowest BCUT2D eigenvalue weighted by atomic mass is 10.1. The lowest BCUT2D eigenvalue weighted by Gasteiger charge is -2.09. The Labute approximate surface area is 158 Å². The molecule has 0 atom stereocenters. The van der Waals surface area contributed by atoms with Crippen LogP contribution >= 0.6 is 11.8 Å². The molecule has 0 aliphatic carbocycles. The summed E-state index contributed by atoms with van der Waals surface area (Å²) in [5.41, 5.74) is 3.63. The number of ether oxygens (including phenoxy) is 1. The van der Waals surface area contributed by atoms with Crippen LogP contribution in [0.15, 0.2) is 66.3 Å². The first-order chi connectivity index (χ1) is 12.7. The first kappa shape index (κ1) is 18.3. The molecule has 5 heteroatoms. The summed E-state index contributed by atoms with van der Waals surface area (Å²) < 4.78 is 7.62. The number of hydrogen-bond acceptors (Lipinski definition) is 4. The van der Waals surface area contributed by atoms with E-state index in [9.17, 15) is 0 Å². The van der Waals surface area contributed by atoms with Gasteiger partial charge in [0.2, 0.25) is 0 Å². The van der Waals surface area contributed by atoms with Crippen LogP contribution in [0.25, 0.3) is 11.4 Å². The Balaban J connectivity index is 1.83. The predicted octanol–water partition coefficient (Wildman–Crippen LogP) is 5.13. The molecule has 0 saturated heterocycles. The van der Waals surface area contributed by atoms with Gasteiger partial charge in [-0.05, 0) is 49.2 Å². The number of thioether (sulfide) groups is 1. The molecule has 0 fully saturated rings. The maximum atomic E-state index is 5.52. The second kappa shape index (κ2) is 8.72. The third-order valence-electron chi connectivity index (χ3n) is 4.07. The van der Waals surface area contributed by atoms with E-state index in [0.717, 1.165) is 28.0 Å². The third kappa shape index (κ3) is 4.17. The van der Waals surface area contributed by atoms with Gasteiger partial charge in [-0.2, -0.15) is 0 Å². The number of aromatic nitrogens is 3. The van der Waals surface area contributed by atoms with Crippen LogP contribution in [0.5, 0.6) is 5.75 Å². The number of nitrogens with zero attached hydrogens (tertiary/aromatic N) is 3. The van der Waals surface area contributed by atoms with Crippen LogP contribution < -0.4 is 4.74 Å². The highest BCUT2D eigenvalue weighted by atomic mass is 32.2. The molecule has 0 unspecified atom stereocenters. The normalized spacial score (nSPS) is 10.7. The molecular formula is C21H23N3OS. The molecule has 1 aromatic heterocycles. The van der Waals surface area contributed by atoms with Gasteiger partial charge < -0.3 is 4.74 Å². The van der Waals surface area contributed by atoms with Crippen LogP contribution in [0.1, 0.15) is 18.1 Å². The highest BCUT2D eigenvalue weighted by molar-refractivity contribution is 7.98. The molecule has 0 radical (unpaired) electrons. The summed E-state index contributed by atoms with van der Waals surface area (Å²) in [5.74, 6) is 2.58. The monoisotopic (exact) mass is 365 g/mol. The summed E-state index contributed by atoms with van der Waals surface area (Å²) >= 11 is 1.70. The van der Waals surface area contributed by atoms with E-state index in [0.29, 0.717) is 13.2 Å². The van der Waals surface area contributed by atoms with E-state index in [-0.39, 0.29) is 0 Å². The standard InChI is InChI=1S/C21H23N3OS/c1-4-14-24-20(17-10-12-19(13-11-17)25-5-2)22-23-21(24)26-15-18-9-7-6-8-16(18)3/h4,6-13H,1,5,14-15H2,2-3H3. The Morgan fingerprint density at radius 1 is 1.12 bits per heavy atom. The van der Waals surface area contributed by atoms with Gasteiger partial charge in [0, 0.05) is 17.9 Å². The second-order valence-corrected chi connectivity index (χ2v) is 6.82. The fraction of sp³-hybridized carbons (Fsp3) is 0.238. The third-order valence-corrected chi connectivity index (χ3v) is 5.09. The van der Waals surface area contributed by atoms with E-state index >= 15 is 0 Å². The average Bonchev–Trinajstić information content (AvgIpc) is 3.05. The van der Waals surface area contributed by atoms with Crippen molar-refractivity contribution in [3.8, 4) is 17.1 Å². The van der Waals surface area contributed by atoms with E-state index in [2.05, 4.69) is 52.5 Å². The molecule has 0 saturated carbocycles. The first-order valence-corrected chi connectivity index (χ1v) is 9.66. The summed E-state index contributed by atoms with van der Waals surface area (Å²) in [5, 5.41) is 9.73. The molecular weight excluding hydrogens is 342 g/mol. The molecule has 1 heterocycles. The molecule has 3 aromatic rings. The Hall–Kier alpha value is -2.53. The van der Waals surface area contributed by atoms with Crippen LogP contribution in [0.2, 0.25) is 0 Å². The second-order valence-electron chi connectivity index (χ2n) is 5.88. The van der Waals surface area contributed by atoms with Crippen LogP contribution in [0.3, 0.4) is 0 Å². The van der Waals surface area contributed by atoms with Gasteiger partial charge in [0.15, 0.2) is 11.0 Å². The molecule has 3 rings (SSSR count). The Morgan fingerprint density at radius 3 is 2.58 bits per heavy atom. The van der Waals surface area contributed by atoms with Gasteiger partial charge in [0.25, 0.3) is 0 Å². The van der Waals surface area contributed by atoms with Gasteiger partial charge in [0.05, 0.1) is 6.61 Å². The van der Waals surface area contributed by atoms with Crippen molar-refractivity contribution in [2.75, 3.05) is 6.61 Å². The maximum Gasteiger partial charge on any atom is 0.192 e. The molecule has 0 spiro atoms. The number of aryl methyl sites for hydroxylation is 1. The van der Waals surface area contributed by atoms with Gasteiger partial charge >= 0.3 is 0 Å². The maximum absolute atomic E-state index is 5.52. The Bertz CT molecular complexity index is 871. The summed E-state index contributed by atoms with van der Waals surface area (Å²) in [7, 11) is 0. The van der Waals surface area contributed by atoms with Gasteiger partial charge in [-0.3, -0.25) is 4.57 Å². The zero-order valence-electron chi connectivity index (χ0n) is 15.2. The highest BCUT2D eigenvalue weighted by Crippen LogP contribution is 2.28. The van der Waals surface area contributed by atoms with E-state index in [1.165, 1.54) is 11.1 Å². The summed E-state index contributed by atoms with van der Waals surface area (Å²) in [6, 6.07) is 16.4. The molecule has 0 bridgehead atoms. The van der Waals surface area contributed by atoms with Crippen molar-refractivity contribution in [1.82, 2.24) is 14.8 Å². The van der Waals surface area contributed by atoms with E-state index in [4.69, 9.17) is 4.74 Å². The van der Waals surface area contributed by atoms with Gasteiger partial charge in [-0.15, -0.1) is 16.8 Å². The van der Waals surface area contributed by atoms with Crippen LogP contribution in [0, 0.1) is 6.92 Å². The number of rotatable bonds is 8. The Kier molecular flexibility index (Phi) is 6.12. The quantitative estimate of drug-likeness (QED) is 0.410. The van der Waals surface area contributed by atoms with Gasteiger partial charge in [-0.1, -0.05) is 42.1 Å². The van der Waals surface area contributed by atoms with Crippen LogP contribution in [-0.4, -0.2) is 21.4 Å². The smallest absolute Gasteiger partial charge is 0.192 e. The molecule has 0 amide bonds. The van der Waals surface area contributed by atoms with Crippen molar-refractivity contribution >= 4 is 11.8 Å². The molecule has 26 heavy (non-hydrogen) atoms. The molecule has 0 aliphatic rings. The number of allylic oxidation sites excluding steroid dienone is 1. The zero-order chi connectivity index (χ0) is 18.4. The molecule has 4 nitrogen and oxygen atoms in total. The fourth-order valence-corrected chi connectivity index (χ4v) is 3.71. The minimum absolute atomic E-state index is 0.658. The zero-order valence-corrected chi connectivity index (χ0v) is 16.0. The molecule has 0 aliphatic heterocycles. The SMILES string of the molecule is C=CCn1c(SCc2ccccc2C)nnc1-c1ccc(OCC)cc1. The number of benzene rings is 2. The minimum Gasteiger partial charge on any atom is -0.494 e. The minimum atomic E-state index is 0.658. The van der Waals surface area contributed by atoms with E-state index in [1.54, 1.807) is 11.8 Å². The average molecular weight is 366 g/mol. The summed E-state index contributed by atoms with van der Waals surface area (Å²) in [4.78, 5) is 0. The van der Waals surface area contributed by atoms with Crippen LogP contribution in [0.4, 0.5) is 0 Å². The number of hydrogen-bond donors (Lipinski definition) is 0. The fourth-order valence-electron chi connectivity index (χ4n) is 2.68. The van der Waals surface area contributed by atoms with Gasteiger partial charge in [0.1, 0.15) is 5.75 Å². The van der Waals surface area contributed by atoms with Gasteiger partial charge in [-0.25, -0.2) is 0 Å². The van der Waals surface area contributed by atoms with E-state index < -0.39 is 0 Å². The Morgan fingerprint density at radius 2 is 1.88 bits per heavy atom. The van der Waals surface area contributed by atoms with Crippen molar-refractivity contribution in [3.05, 3.63) is 72.3 Å². The van der Waals surface area contributed by atoms with Crippen LogP contribution in [-0.2, 0) is 12.3 Å². The molecule has 0 N–H and O–H groups in total. The topological polar surface area (TPSA) is 39.9 Å². The summed E-state index contributed by atoms with van der Waals surface area (Å²) in [6.45, 7) is 9.32. The predicted molar refractivity (Wildman–Crippen MR) is 108 cm³/mol. The van der Waals surface area contributed by atoms with Crippen molar-refractivity contribution in [1.29, 1.82) is 0 Å². The van der Waals surface area contributed by atoms with Crippen molar-refractivity contribution in [2.24, 2.45) is 0 Å². The summed E-state index contributed by atoms with van der Waals surface area (Å²) in [6.07, 6.45) is 1.87.